The van der Waals surface area contributed by atoms with Crippen LogP contribution in [-0.4, -0.2) is 63.2 Å². The number of hydrogen-bond acceptors (Lipinski definition) is 4. The minimum Gasteiger partial charge on any atom is -0.340 e. The molecule has 3 rings (SSSR count). The van der Waals surface area contributed by atoms with Gasteiger partial charge < -0.3 is 4.90 Å². The largest absolute Gasteiger partial charge is 0.340 e. The molecule has 0 aromatic carbocycles. The maximum Gasteiger partial charge on any atom is 0.222 e. The third-order valence-corrected chi connectivity index (χ3v) is 5.33. The van der Waals surface area contributed by atoms with Gasteiger partial charge in [-0.2, -0.15) is 5.10 Å². The van der Waals surface area contributed by atoms with E-state index in [2.05, 4.69) is 19.9 Å². The van der Waals surface area contributed by atoms with Crippen molar-refractivity contribution < 1.29 is 4.79 Å². The second kappa shape index (κ2) is 8.43. The molecule has 6 nitrogen and oxygen atoms in total. The number of nitrogens with zero attached hydrogens (tertiary/aromatic N) is 5. The van der Waals surface area contributed by atoms with Gasteiger partial charge in [-0.1, -0.05) is 32.1 Å². The lowest BCUT2D eigenvalue weighted by Crippen LogP contribution is -2.49. The van der Waals surface area contributed by atoms with E-state index in [0.29, 0.717) is 5.91 Å². The van der Waals surface area contributed by atoms with Gasteiger partial charge >= 0.3 is 0 Å². The summed E-state index contributed by atoms with van der Waals surface area (Å²) in [5.74, 6) is 1.17. The van der Waals surface area contributed by atoms with Crippen LogP contribution in [0.4, 0.5) is 0 Å². The molecular weight excluding hydrogens is 290 g/mol. The van der Waals surface area contributed by atoms with Crippen molar-refractivity contribution in [2.75, 3.05) is 32.7 Å². The van der Waals surface area contributed by atoms with E-state index < -0.39 is 0 Å². The summed E-state index contributed by atoms with van der Waals surface area (Å²) in [4.78, 5) is 20.8. The minimum atomic E-state index is 0.367. The van der Waals surface area contributed by atoms with Crippen molar-refractivity contribution in [1.82, 2.24) is 24.6 Å². The molecule has 2 aliphatic rings. The van der Waals surface area contributed by atoms with Crippen molar-refractivity contribution in [3.8, 4) is 0 Å². The summed E-state index contributed by atoms with van der Waals surface area (Å²) in [7, 11) is 0. The first-order chi connectivity index (χ1) is 11.3. The van der Waals surface area contributed by atoms with Crippen LogP contribution >= 0.6 is 0 Å². The number of rotatable bonds is 6. The second-order valence-corrected chi connectivity index (χ2v) is 6.92. The lowest BCUT2D eigenvalue weighted by Gasteiger charge is -2.35. The molecular formula is C17H29N5O. The predicted molar refractivity (Wildman–Crippen MR) is 88.9 cm³/mol. The molecule has 0 radical (unpaired) electrons. The quantitative estimate of drug-likeness (QED) is 0.802. The molecule has 2 fully saturated rings. The first-order valence-electron chi connectivity index (χ1n) is 9.14. The number of aromatic nitrogens is 3. The molecule has 2 heterocycles. The Morgan fingerprint density at radius 3 is 2.52 bits per heavy atom. The first kappa shape index (κ1) is 16.4. The molecule has 0 unspecified atom stereocenters. The van der Waals surface area contributed by atoms with Crippen molar-refractivity contribution in [2.45, 2.75) is 51.5 Å². The molecule has 0 N–H and O–H groups in total. The Morgan fingerprint density at radius 1 is 1.04 bits per heavy atom. The van der Waals surface area contributed by atoms with E-state index in [9.17, 15) is 4.79 Å². The van der Waals surface area contributed by atoms with Gasteiger partial charge in [-0.05, 0) is 12.3 Å². The minimum absolute atomic E-state index is 0.367. The number of carbonyl (C=O) groups excluding carboxylic acids is 1. The van der Waals surface area contributed by atoms with E-state index in [-0.39, 0.29) is 0 Å². The molecule has 23 heavy (non-hydrogen) atoms. The van der Waals surface area contributed by atoms with Crippen LogP contribution in [0.2, 0.25) is 0 Å². The molecule has 1 aliphatic heterocycles. The smallest absolute Gasteiger partial charge is 0.222 e. The highest BCUT2D eigenvalue weighted by molar-refractivity contribution is 5.76. The van der Waals surface area contributed by atoms with Gasteiger partial charge in [0, 0.05) is 39.1 Å². The Hall–Kier alpha value is -1.43. The van der Waals surface area contributed by atoms with Crippen LogP contribution in [0.25, 0.3) is 0 Å². The normalized spacial score (nSPS) is 20.8. The van der Waals surface area contributed by atoms with Gasteiger partial charge in [0.05, 0.1) is 6.54 Å². The molecule has 1 saturated carbocycles. The van der Waals surface area contributed by atoms with E-state index >= 15 is 0 Å². The lowest BCUT2D eigenvalue weighted by atomic mass is 9.86. The Bertz CT molecular complexity index is 461. The lowest BCUT2D eigenvalue weighted by molar-refractivity contribution is -0.133. The van der Waals surface area contributed by atoms with Gasteiger partial charge in [0.25, 0.3) is 0 Å². The second-order valence-electron chi connectivity index (χ2n) is 6.92. The highest BCUT2D eigenvalue weighted by atomic mass is 16.2. The number of carbonyl (C=O) groups is 1. The summed E-state index contributed by atoms with van der Waals surface area (Å²) in [6.07, 6.45) is 12.0. The summed E-state index contributed by atoms with van der Waals surface area (Å²) < 4.78 is 1.86. The van der Waals surface area contributed by atoms with Crippen molar-refractivity contribution in [3.63, 3.8) is 0 Å². The van der Waals surface area contributed by atoms with Crippen LogP contribution in [0.5, 0.6) is 0 Å². The van der Waals surface area contributed by atoms with E-state index in [1.54, 1.807) is 12.7 Å². The van der Waals surface area contributed by atoms with Gasteiger partial charge in [-0.25, -0.2) is 4.98 Å². The third kappa shape index (κ3) is 5.03. The fourth-order valence-electron chi connectivity index (χ4n) is 3.77. The molecule has 1 aliphatic carbocycles. The van der Waals surface area contributed by atoms with E-state index in [1.807, 2.05) is 4.68 Å². The van der Waals surface area contributed by atoms with Crippen LogP contribution in [-0.2, 0) is 11.3 Å². The van der Waals surface area contributed by atoms with Crippen LogP contribution in [0.1, 0.15) is 44.9 Å². The summed E-state index contributed by atoms with van der Waals surface area (Å²) in [5.41, 5.74) is 0. The topological polar surface area (TPSA) is 54.3 Å². The first-order valence-corrected chi connectivity index (χ1v) is 9.14. The monoisotopic (exact) mass is 319 g/mol. The van der Waals surface area contributed by atoms with Crippen LogP contribution in [0.15, 0.2) is 12.7 Å². The maximum absolute atomic E-state index is 12.4. The Morgan fingerprint density at radius 2 is 1.83 bits per heavy atom. The predicted octanol–water partition coefficient (Wildman–Crippen LogP) is 1.78. The fourth-order valence-corrected chi connectivity index (χ4v) is 3.77. The number of hydrogen-bond donors (Lipinski definition) is 0. The fraction of sp³-hybridized carbons (Fsp3) is 0.824. The van der Waals surface area contributed by atoms with Gasteiger partial charge in [0.15, 0.2) is 0 Å². The average Bonchev–Trinajstić information content (AvgIpc) is 3.13. The highest BCUT2D eigenvalue weighted by Crippen LogP contribution is 2.27. The van der Waals surface area contributed by atoms with E-state index in [1.165, 1.54) is 32.1 Å². The summed E-state index contributed by atoms with van der Waals surface area (Å²) in [6.45, 7) is 5.55. The van der Waals surface area contributed by atoms with Gasteiger partial charge in [0.1, 0.15) is 12.7 Å². The molecule has 1 aromatic rings. The highest BCUT2D eigenvalue weighted by Gasteiger charge is 2.22. The molecule has 0 bridgehead atoms. The molecule has 0 spiro atoms. The Balaban J connectivity index is 1.32. The van der Waals surface area contributed by atoms with E-state index in [0.717, 1.165) is 58.0 Å². The molecule has 128 valence electrons. The van der Waals surface area contributed by atoms with Gasteiger partial charge in [-0.15, -0.1) is 0 Å². The Labute approximate surface area is 138 Å². The van der Waals surface area contributed by atoms with Crippen molar-refractivity contribution in [2.24, 2.45) is 5.92 Å². The van der Waals surface area contributed by atoms with Crippen molar-refractivity contribution in [3.05, 3.63) is 12.7 Å². The SMILES string of the molecule is O=C(CCC1CCCCC1)N1CCN(CCn2cncn2)CC1. The third-order valence-electron chi connectivity index (χ3n) is 5.33. The molecule has 1 amide bonds. The average molecular weight is 319 g/mol. The zero-order chi connectivity index (χ0) is 15.9. The van der Waals surface area contributed by atoms with Crippen molar-refractivity contribution >= 4 is 5.91 Å². The van der Waals surface area contributed by atoms with Crippen LogP contribution in [0, 0.1) is 5.92 Å². The van der Waals surface area contributed by atoms with Crippen LogP contribution < -0.4 is 0 Å². The number of amides is 1. The summed E-state index contributed by atoms with van der Waals surface area (Å²) >= 11 is 0. The zero-order valence-electron chi connectivity index (χ0n) is 14.1. The molecule has 6 heteroatoms. The zero-order valence-corrected chi connectivity index (χ0v) is 14.1. The standard InChI is InChI=1S/C17H29N5O/c23-17(7-6-16-4-2-1-3-5-16)21-11-8-20(9-12-21)10-13-22-15-18-14-19-22/h14-16H,1-13H2. The van der Waals surface area contributed by atoms with Gasteiger partial charge in [-0.3, -0.25) is 14.4 Å². The summed E-state index contributed by atoms with van der Waals surface area (Å²) in [6, 6.07) is 0. The van der Waals surface area contributed by atoms with E-state index in [4.69, 9.17) is 0 Å². The molecule has 0 atom stereocenters. The molecule has 1 saturated heterocycles. The van der Waals surface area contributed by atoms with Gasteiger partial charge in [0.2, 0.25) is 5.91 Å². The maximum atomic E-state index is 12.4. The summed E-state index contributed by atoms with van der Waals surface area (Å²) in [5, 5.41) is 4.13. The van der Waals surface area contributed by atoms with Crippen LogP contribution in [0.3, 0.4) is 0 Å². The van der Waals surface area contributed by atoms with Crippen molar-refractivity contribution in [1.29, 1.82) is 0 Å². The Kier molecular flexibility index (Phi) is 6.02. The number of piperazine rings is 1. The molecule has 1 aromatic heterocycles.